The molecule has 0 aromatic heterocycles. The number of nitrogens with one attached hydrogen (secondary N) is 1. The molecular weight excluding hydrogens is 320 g/mol. The van der Waals surface area contributed by atoms with Crippen molar-refractivity contribution in [3.63, 3.8) is 0 Å². The number of non-ortho nitro benzene ring substituents is 1. The van der Waals surface area contributed by atoms with E-state index in [4.69, 9.17) is 0 Å². The lowest BCUT2D eigenvalue weighted by molar-refractivity contribution is -0.384. The van der Waals surface area contributed by atoms with Crippen LogP contribution in [0.3, 0.4) is 0 Å². The van der Waals surface area contributed by atoms with Crippen molar-refractivity contribution >= 4 is 27.3 Å². The van der Waals surface area contributed by atoms with Gasteiger partial charge in [0.15, 0.2) is 0 Å². The smallest absolute Gasteiger partial charge is 0.270 e. The fourth-order valence-corrected chi connectivity index (χ4v) is 4.47. The Hall–Kier alpha value is -1.10. The molecule has 2 aliphatic rings. The van der Waals surface area contributed by atoms with Gasteiger partial charge in [0.1, 0.15) is 0 Å². The molecule has 0 aliphatic heterocycles. The molecule has 2 fully saturated rings. The number of hydrogen-bond acceptors (Lipinski definition) is 3. The molecule has 20 heavy (non-hydrogen) atoms. The second-order valence-electron chi connectivity index (χ2n) is 6.19. The topological polar surface area (TPSA) is 55.2 Å². The molecule has 3 rings (SSSR count). The van der Waals surface area contributed by atoms with Gasteiger partial charge in [-0.05, 0) is 65.9 Å². The van der Waals surface area contributed by atoms with Gasteiger partial charge in [-0.1, -0.05) is 6.42 Å². The third-order valence-corrected chi connectivity index (χ3v) is 5.64. The van der Waals surface area contributed by atoms with Crippen LogP contribution < -0.4 is 5.32 Å². The average Bonchev–Trinajstić information content (AvgIpc) is 3.03. The van der Waals surface area contributed by atoms with Gasteiger partial charge in [-0.2, -0.15) is 0 Å². The van der Waals surface area contributed by atoms with E-state index >= 15 is 0 Å². The van der Waals surface area contributed by atoms with E-state index < -0.39 is 0 Å². The van der Waals surface area contributed by atoms with Gasteiger partial charge in [-0.25, -0.2) is 0 Å². The van der Waals surface area contributed by atoms with Crippen molar-refractivity contribution in [3.8, 4) is 0 Å². The van der Waals surface area contributed by atoms with Crippen molar-refractivity contribution in [3.05, 3.63) is 32.8 Å². The van der Waals surface area contributed by atoms with Crippen LogP contribution in [-0.2, 0) is 0 Å². The number of benzene rings is 1. The molecule has 0 saturated heterocycles. The van der Waals surface area contributed by atoms with Crippen LogP contribution in [0.2, 0.25) is 0 Å². The zero-order chi connectivity index (χ0) is 14.3. The van der Waals surface area contributed by atoms with E-state index in [-0.39, 0.29) is 10.6 Å². The Morgan fingerprint density at radius 2 is 2.20 bits per heavy atom. The van der Waals surface area contributed by atoms with Crippen molar-refractivity contribution in [2.75, 3.05) is 5.32 Å². The maximum absolute atomic E-state index is 10.7. The molecule has 2 bridgehead atoms. The number of halogens is 1. The Balaban J connectivity index is 1.70. The Bertz CT molecular complexity index is 535. The number of nitro benzene ring substituents is 1. The highest BCUT2D eigenvalue weighted by Crippen LogP contribution is 2.50. The molecule has 1 aromatic rings. The highest BCUT2D eigenvalue weighted by atomic mass is 79.9. The van der Waals surface area contributed by atoms with Gasteiger partial charge in [0, 0.05) is 28.3 Å². The van der Waals surface area contributed by atoms with Crippen molar-refractivity contribution in [1.82, 2.24) is 0 Å². The highest BCUT2D eigenvalue weighted by molar-refractivity contribution is 9.10. The summed E-state index contributed by atoms with van der Waals surface area (Å²) in [6.45, 7) is 2.24. The lowest BCUT2D eigenvalue weighted by Gasteiger charge is -2.29. The van der Waals surface area contributed by atoms with Gasteiger partial charge in [0.25, 0.3) is 5.69 Å². The van der Waals surface area contributed by atoms with Gasteiger partial charge in [-0.3, -0.25) is 10.1 Å². The summed E-state index contributed by atoms with van der Waals surface area (Å²) in [5.41, 5.74) is 1.07. The van der Waals surface area contributed by atoms with Crippen LogP contribution in [0.25, 0.3) is 0 Å². The predicted octanol–water partition coefficient (Wildman–Crippen LogP) is 4.59. The highest BCUT2D eigenvalue weighted by Gasteiger charge is 2.41. The number of nitro groups is 1. The van der Waals surface area contributed by atoms with E-state index in [1.807, 2.05) is 0 Å². The molecule has 0 spiro atoms. The van der Waals surface area contributed by atoms with Crippen LogP contribution in [0.5, 0.6) is 0 Å². The fraction of sp³-hybridized carbons (Fsp3) is 0.600. The van der Waals surface area contributed by atoms with E-state index in [9.17, 15) is 10.1 Å². The minimum atomic E-state index is -0.367. The Kier molecular flexibility index (Phi) is 3.71. The quantitative estimate of drug-likeness (QED) is 0.645. The van der Waals surface area contributed by atoms with Crippen LogP contribution in [0, 0.1) is 27.9 Å². The zero-order valence-electron chi connectivity index (χ0n) is 11.5. The van der Waals surface area contributed by atoms with Crippen LogP contribution in [0.4, 0.5) is 11.4 Å². The molecule has 1 N–H and O–H groups in total. The molecule has 2 saturated carbocycles. The summed E-state index contributed by atoms with van der Waals surface area (Å²) in [6.07, 6.45) is 5.53. The van der Waals surface area contributed by atoms with Crippen LogP contribution in [0.1, 0.15) is 32.6 Å². The SMILES string of the molecule is CC(Nc1ccc([N+](=O)[O-])cc1Br)C1CC2CCC1C2. The molecule has 2 aliphatic carbocycles. The standard InChI is InChI=1S/C15H19BrN2O2/c1-9(13-7-10-2-3-11(13)6-10)17-15-5-4-12(18(19)20)8-14(15)16/h4-5,8-11,13,17H,2-3,6-7H2,1H3. The van der Waals surface area contributed by atoms with Gasteiger partial charge >= 0.3 is 0 Å². The van der Waals surface area contributed by atoms with Crippen molar-refractivity contribution < 1.29 is 4.92 Å². The second-order valence-corrected chi connectivity index (χ2v) is 7.05. The first-order valence-corrected chi connectivity index (χ1v) is 8.04. The largest absolute Gasteiger partial charge is 0.381 e. The summed E-state index contributed by atoms with van der Waals surface area (Å²) >= 11 is 3.43. The van der Waals surface area contributed by atoms with Gasteiger partial charge in [-0.15, -0.1) is 0 Å². The first-order chi connectivity index (χ1) is 9.54. The maximum atomic E-state index is 10.7. The number of hydrogen-bond donors (Lipinski definition) is 1. The minimum Gasteiger partial charge on any atom is -0.381 e. The molecule has 108 valence electrons. The number of nitrogens with zero attached hydrogens (tertiary/aromatic N) is 1. The van der Waals surface area contributed by atoms with E-state index in [0.717, 1.165) is 27.9 Å². The fourth-order valence-electron chi connectivity index (χ4n) is 3.99. The van der Waals surface area contributed by atoms with Gasteiger partial charge in [0.2, 0.25) is 0 Å². The number of rotatable bonds is 4. The molecule has 1 aromatic carbocycles. The van der Waals surface area contributed by atoms with E-state index in [1.165, 1.54) is 25.7 Å². The van der Waals surface area contributed by atoms with Crippen LogP contribution in [-0.4, -0.2) is 11.0 Å². The van der Waals surface area contributed by atoms with Crippen molar-refractivity contribution in [2.24, 2.45) is 17.8 Å². The second kappa shape index (κ2) is 5.35. The lowest BCUT2D eigenvalue weighted by Crippen LogP contribution is -2.30. The summed E-state index contributed by atoms with van der Waals surface area (Å²) in [6, 6.07) is 5.34. The van der Waals surface area contributed by atoms with Crippen molar-refractivity contribution in [2.45, 2.75) is 38.6 Å². The predicted molar refractivity (Wildman–Crippen MR) is 82.8 cm³/mol. The van der Waals surface area contributed by atoms with Gasteiger partial charge in [0.05, 0.1) is 4.92 Å². The Labute approximate surface area is 127 Å². The molecule has 0 heterocycles. The summed E-state index contributed by atoms with van der Waals surface area (Å²) in [4.78, 5) is 10.4. The molecule has 0 radical (unpaired) electrons. The number of anilines is 1. The molecule has 0 amide bonds. The first kappa shape index (κ1) is 13.9. The molecular formula is C15H19BrN2O2. The third-order valence-electron chi connectivity index (χ3n) is 4.98. The Morgan fingerprint density at radius 1 is 1.40 bits per heavy atom. The van der Waals surface area contributed by atoms with Crippen LogP contribution in [0.15, 0.2) is 22.7 Å². The molecule has 4 atom stereocenters. The summed E-state index contributed by atoms with van der Waals surface area (Å²) < 4.78 is 0.765. The summed E-state index contributed by atoms with van der Waals surface area (Å²) in [5, 5.41) is 14.3. The van der Waals surface area contributed by atoms with Crippen LogP contribution >= 0.6 is 15.9 Å². The number of fused-ring (bicyclic) bond motifs is 2. The monoisotopic (exact) mass is 338 g/mol. The summed E-state index contributed by atoms with van der Waals surface area (Å²) in [7, 11) is 0. The minimum absolute atomic E-state index is 0.120. The average molecular weight is 339 g/mol. The van der Waals surface area contributed by atoms with E-state index in [1.54, 1.807) is 18.2 Å². The van der Waals surface area contributed by atoms with Crippen molar-refractivity contribution in [1.29, 1.82) is 0 Å². The molecule has 4 unspecified atom stereocenters. The van der Waals surface area contributed by atoms with E-state index in [2.05, 4.69) is 28.2 Å². The zero-order valence-corrected chi connectivity index (χ0v) is 13.1. The molecule has 4 nitrogen and oxygen atoms in total. The van der Waals surface area contributed by atoms with Gasteiger partial charge < -0.3 is 5.32 Å². The lowest BCUT2D eigenvalue weighted by atomic mass is 9.84. The molecule has 5 heteroatoms. The maximum Gasteiger partial charge on any atom is 0.270 e. The Morgan fingerprint density at radius 3 is 2.75 bits per heavy atom. The van der Waals surface area contributed by atoms with E-state index in [0.29, 0.717) is 6.04 Å². The normalized spacial score (nSPS) is 29.4. The summed E-state index contributed by atoms with van der Waals surface area (Å²) in [5.74, 6) is 2.56. The third kappa shape index (κ3) is 2.55. The first-order valence-electron chi connectivity index (χ1n) is 7.25.